The van der Waals surface area contributed by atoms with Crippen molar-refractivity contribution in [1.29, 1.82) is 0 Å². The highest BCUT2D eigenvalue weighted by molar-refractivity contribution is 5.95. The zero-order valence-electron chi connectivity index (χ0n) is 12.7. The fourth-order valence-electron chi connectivity index (χ4n) is 3.61. The quantitative estimate of drug-likeness (QED) is 0.688. The molecule has 4 N–H and O–H groups in total. The summed E-state index contributed by atoms with van der Waals surface area (Å²) < 4.78 is 0. The van der Waals surface area contributed by atoms with Crippen molar-refractivity contribution in [2.75, 3.05) is 5.32 Å². The van der Waals surface area contributed by atoms with Crippen molar-refractivity contribution in [1.82, 2.24) is 26.0 Å². The van der Waals surface area contributed by atoms with Crippen LogP contribution in [0.25, 0.3) is 11.4 Å². The highest BCUT2D eigenvalue weighted by Crippen LogP contribution is 2.30. The third-order valence-corrected chi connectivity index (χ3v) is 4.77. The number of fused-ring (bicyclic) bond motifs is 1. The predicted molar refractivity (Wildman–Crippen MR) is 86.3 cm³/mol. The van der Waals surface area contributed by atoms with Gasteiger partial charge in [-0.3, -0.25) is 15.3 Å². The van der Waals surface area contributed by atoms with Crippen LogP contribution in [0.1, 0.15) is 25.7 Å². The second-order valence-corrected chi connectivity index (χ2v) is 6.23. The van der Waals surface area contributed by atoms with Crippen LogP contribution >= 0.6 is 0 Å². The Morgan fingerprint density at radius 1 is 1.22 bits per heavy atom. The molecule has 0 bridgehead atoms. The van der Waals surface area contributed by atoms with Gasteiger partial charge >= 0.3 is 0 Å². The fourth-order valence-corrected chi connectivity index (χ4v) is 3.61. The van der Waals surface area contributed by atoms with E-state index in [1.54, 1.807) is 0 Å². The molecule has 1 amide bonds. The lowest BCUT2D eigenvalue weighted by Gasteiger charge is -2.26. The summed E-state index contributed by atoms with van der Waals surface area (Å²) in [6.07, 6.45) is 6.15. The molecule has 2 aromatic rings. The second-order valence-electron chi connectivity index (χ2n) is 6.23. The number of nitrogens with zero attached hydrogens (tertiary/aromatic N) is 2. The molecule has 120 valence electrons. The standard InChI is InChI=1S/C16H20N6O/c23-16(14-12-6-1-2-7-13(12)20-21-14)19-11-5-3-4-10(8-11)15-17-9-18-22-15/h3-5,8-9,12-14,20-21H,1-2,6-7H2,(H,19,23)(H,17,18,22). The molecule has 7 nitrogen and oxygen atoms in total. The van der Waals surface area contributed by atoms with Crippen molar-refractivity contribution in [3.63, 3.8) is 0 Å². The minimum atomic E-state index is -0.172. The molecule has 2 fully saturated rings. The highest BCUT2D eigenvalue weighted by atomic mass is 16.2. The summed E-state index contributed by atoms with van der Waals surface area (Å²) in [5.74, 6) is 1.08. The number of H-pyrrole nitrogens is 1. The van der Waals surface area contributed by atoms with Crippen molar-refractivity contribution in [3.05, 3.63) is 30.6 Å². The van der Waals surface area contributed by atoms with Crippen LogP contribution in [0.2, 0.25) is 0 Å². The van der Waals surface area contributed by atoms with Gasteiger partial charge in [-0.25, -0.2) is 10.4 Å². The largest absolute Gasteiger partial charge is 0.325 e. The molecule has 0 radical (unpaired) electrons. The van der Waals surface area contributed by atoms with Gasteiger partial charge in [0.2, 0.25) is 5.91 Å². The van der Waals surface area contributed by atoms with E-state index in [0.29, 0.717) is 17.8 Å². The second kappa shape index (κ2) is 6.10. The van der Waals surface area contributed by atoms with Crippen LogP contribution in [-0.4, -0.2) is 33.2 Å². The number of carbonyl (C=O) groups excluding carboxylic acids is 1. The lowest BCUT2D eigenvalue weighted by atomic mass is 9.81. The van der Waals surface area contributed by atoms with Crippen molar-refractivity contribution in [3.8, 4) is 11.4 Å². The molecule has 23 heavy (non-hydrogen) atoms. The summed E-state index contributed by atoms with van der Waals surface area (Å²) in [4.78, 5) is 16.8. The molecular weight excluding hydrogens is 292 g/mol. The third-order valence-electron chi connectivity index (χ3n) is 4.77. The van der Waals surface area contributed by atoms with Crippen molar-refractivity contribution in [2.24, 2.45) is 5.92 Å². The maximum atomic E-state index is 12.6. The molecule has 1 saturated heterocycles. The third kappa shape index (κ3) is 2.85. The van der Waals surface area contributed by atoms with E-state index in [-0.39, 0.29) is 11.9 Å². The summed E-state index contributed by atoms with van der Waals surface area (Å²) in [5.41, 5.74) is 8.11. The number of hydrogen-bond acceptors (Lipinski definition) is 5. The average molecular weight is 312 g/mol. The number of hydrazine groups is 1. The van der Waals surface area contributed by atoms with E-state index >= 15 is 0 Å². The van der Waals surface area contributed by atoms with Crippen LogP contribution in [0.15, 0.2) is 30.6 Å². The summed E-state index contributed by atoms with van der Waals surface area (Å²) >= 11 is 0. The van der Waals surface area contributed by atoms with Gasteiger partial charge in [-0.1, -0.05) is 25.0 Å². The van der Waals surface area contributed by atoms with E-state index in [2.05, 4.69) is 31.3 Å². The molecule has 1 aromatic heterocycles. The number of aromatic amines is 1. The smallest absolute Gasteiger partial charge is 0.243 e. The van der Waals surface area contributed by atoms with Crippen molar-refractivity contribution >= 4 is 11.6 Å². The monoisotopic (exact) mass is 312 g/mol. The number of aromatic nitrogens is 3. The van der Waals surface area contributed by atoms with E-state index in [0.717, 1.165) is 24.1 Å². The summed E-state index contributed by atoms with van der Waals surface area (Å²) in [6.45, 7) is 0. The Labute approximate surface area is 134 Å². The average Bonchev–Trinajstić information content (AvgIpc) is 3.25. The summed E-state index contributed by atoms with van der Waals surface area (Å²) in [5, 5.41) is 9.70. The predicted octanol–water partition coefficient (Wildman–Crippen LogP) is 1.45. The van der Waals surface area contributed by atoms with E-state index < -0.39 is 0 Å². The molecule has 1 aliphatic carbocycles. The highest BCUT2D eigenvalue weighted by Gasteiger charge is 2.40. The molecule has 2 aliphatic rings. The summed E-state index contributed by atoms with van der Waals surface area (Å²) in [6, 6.07) is 7.87. The van der Waals surface area contributed by atoms with Gasteiger partial charge in [0.1, 0.15) is 12.4 Å². The Morgan fingerprint density at radius 2 is 2.13 bits per heavy atom. The molecular formula is C16H20N6O. The molecule has 1 aromatic carbocycles. The van der Waals surface area contributed by atoms with Gasteiger partial charge in [-0.15, -0.1) is 0 Å². The molecule has 7 heteroatoms. The van der Waals surface area contributed by atoms with E-state index in [1.807, 2.05) is 24.3 Å². The van der Waals surface area contributed by atoms with Crippen LogP contribution < -0.4 is 16.2 Å². The van der Waals surface area contributed by atoms with Gasteiger partial charge in [0, 0.05) is 23.2 Å². The minimum Gasteiger partial charge on any atom is -0.325 e. The molecule has 0 spiro atoms. The van der Waals surface area contributed by atoms with Crippen molar-refractivity contribution < 1.29 is 4.79 Å². The van der Waals surface area contributed by atoms with Gasteiger partial charge in [-0.2, -0.15) is 5.10 Å². The van der Waals surface area contributed by atoms with Crippen LogP contribution in [0, 0.1) is 5.92 Å². The van der Waals surface area contributed by atoms with Crippen molar-refractivity contribution in [2.45, 2.75) is 37.8 Å². The zero-order valence-corrected chi connectivity index (χ0v) is 12.7. The Balaban J connectivity index is 1.48. The van der Waals surface area contributed by atoms with Gasteiger partial charge in [-0.05, 0) is 25.0 Å². The molecule has 2 heterocycles. The Morgan fingerprint density at radius 3 is 3.00 bits per heavy atom. The Bertz CT molecular complexity index is 686. The number of anilines is 1. The minimum absolute atomic E-state index is 0.0154. The lowest BCUT2D eigenvalue weighted by molar-refractivity contribution is -0.118. The van der Waals surface area contributed by atoms with Gasteiger partial charge in [0.25, 0.3) is 0 Å². The Hall–Kier alpha value is -2.25. The Kier molecular flexibility index (Phi) is 3.80. The number of nitrogens with one attached hydrogen (secondary N) is 4. The van der Waals surface area contributed by atoms with Crippen LogP contribution in [-0.2, 0) is 4.79 Å². The normalized spacial score (nSPS) is 26.7. The molecule has 4 rings (SSSR count). The SMILES string of the molecule is O=C(Nc1cccc(-c2ncn[nH]2)c1)C1NNC2CCCCC21. The van der Waals surface area contributed by atoms with Crippen LogP contribution in [0.4, 0.5) is 5.69 Å². The fraction of sp³-hybridized carbons (Fsp3) is 0.438. The van der Waals surface area contributed by atoms with Crippen LogP contribution in [0.3, 0.4) is 0 Å². The molecule has 1 saturated carbocycles. The number of rotatable bonds is 3. The lowest BCUT2D eigenvalue weighted by Crippen LogP contribution is -2.42. The molecule has 3 unspecified atom stereocenters. The van der Waals surface area contributed by atoms with Gasteiger partial charge < -0.3 is 5.32 Å². The first-order chi connectivity index (χ1) is 11.3. The van der Waals surface area contributed by atoms with E-state index in [4.69, 9.17) is 0 Å². The first-order valence-electron chi connectivity index (χ1n) is 8.09. The summed E-state index contributed by atoms with van der Waals surface area (Å²) in [7, 11) is 0. The number of carbonyl (C=O) groups is 1. The number of hydrogen-bond donors (Lipinski definition) is 4. The maximum Gasteiger partial charge on any atom is 0.243 e. The number of benzene rings is 1. The zero-order chi connectivity index (χ0) is 15.6. The first-order valence-corrected chi connectivity index (χ1v) is 8.09. The van der Waals surface area contributed by atoms with Gasteiger partial charge in [0.05, 0.1) is 0 Å². The topological polar surface area (TPSA) is 94.7 Å². The number of amides is 1. The van der Waals surface area contributed by atoms with Crippen LogP contribution in [0.5, 0.6) is 0 Å². The van der Waals surface area contributed by atoms with E-state index in [1.165, 1.54) is 19.2 Å². The first kappa shape index (κ1) is 14.3. The maximum absolute atomic E-state index is 12.6. The van der Waals surface area contributed by atoms with E-state index in [9.17, 15) is 4.79 Å². The molecule has 3 atom stereocenters. The molecule has 1 aliphatic heterocycles. The van der Waals surface area contributed by atoms with Gasteiger partial charge in [0.15, 0.2) is 5.82 Å².